The average Bonchev–Trinajstić information content (AvgIpc) is 2.29. The van der Waals surface area contributed by atoms with Crippen LogP contribution in [0.1, 0.15) is 28.6 Å². The number of nitrogens with zero attached hydrogens (tertiary/aromatic N) is 2. The third-order valence-electron chi connectivity index (χ3n) is 2.65. The van der Waals surface area contributed by atoms with Crippen LogP contribution in [-0.4, -0.2) is 9.97 Å². The molecule has 2 aromatic rings. The van der Waals surface area contributed by atoms with Gasteiger partial charge in [-0.1, -0.05) is 6.07 Å². The van der Waals surface area contributed by atoms with Crippen LogP contribution in [0.2, 0.25) is 0 Å². The molecule has 0 aliphatic heterocycles. The van der Waals surface area contributed by atoms with Crippen molar-refractivity contribution in [3.8, 4) is 0 Å². The van der Waals surface area contributed by atoms with Gasteiger partial charge < -0.3 is 5.73 Å². The second-order valence-corrected chi connectivity index (χ2v) is 4.10. The van der Waals surface area contributed by atoms with Gasteiger partial charge in [0, 0.05) is 12.4 Å². The monoisotopic (exact) mass is 231 g/mol. The van der Waals surface area contributed by atoms with Crippen LogP contribution in [0.15, 0.2) is 30.6 Å². The van der Waals surface area contributed by atoms with E-state index in [1.54, 1.807) is 18.5 Å². The van der Waals surface area contributed by atoms with Crippen molar-refractivity contribution in [3.63, 3.8) is 0 Å². The normalized spacial score (nSPS) is 12.5. The lowest BCUT2D eigenvalue weighted by atomic mass is 10.0. The molecule has 2 rings (SSSR count). The predicted molar refractivity (Wildman–Crippen MR) is 63.9 cm³/mol. The van der Waals surface area contributed by atoms with Crippen LogP contribution < -0.4 is 5.73 Å². The average molecular weight is 231 g/mol. The van der Waals surface area contributed by atoms with E-state index in [2.05, 4.69) is 9.97 Å². The van der Waals surface area contributed by atoms with Crippen LogP contribution in [0.4, 0.5) is 4.39 Å². The summed E-state index contributed by atoms with van der Waals surface area (Å²) in [6.07, 6.45) is 3.45. The smallest absolute Gasteiger partial charge is 0.149 e. The molecule has 1 unspecified atom stereocenters. The van der Waals surface area contributed by atoms with Crippen molar-refractivity contribution < 1.29 is 4.39 Å². The summed E-state index contributed by atoms with van der Waals surface area (Å²) < 4.78 is 13.0. The summed E-state index contributed by atoms with van der Waals surface area (Å²) in [6, 6.07) is 4.12. The summed E-state index contributed by atoms with van der Waals surface area (Å²) >= 11 is 0. The van der Waals surface area contributed by atoms with E-state index >= 15 is 0 Å². The quantitative estimate of drug-likeness (QED) is 0.862. The molecule has 0 aliphatic rings. The summed E-state index contributed by atoms with van der Waals surface area (Å²) in [7, 11) is 0. The number of nitrogens with two attached hydrogens (primary N) is 1. The van der Waals surface area contributed by atoms with Crippen LogP contribution in [0, 0.1) is 19.7 Å². The molecule has 0 saturated heterocycles. The Morgan fingerprint density at radius 1 is 1.18 bits per heavy atom. The topological polar surface area (TPSA) is 51.8 Å². The highest BCUT2D eigenvalue weighted by Crippen LogP contribution is 2.20. The van der Waals surface area contributed by atoms with Crippen molar-refractivity contribution in [2.24, 2.45) is 5.73 Å². The number of hydrogen-bond donors (Lipinski definition) is 1. The van der Waals surface area contributed by atoms with Gasteiger partial charge in [0.1, 0.15) is 11.6 Å². The molecule has 0 radical (unpaired) electrons. The van der Waals surface area contributed by atoms with Crippen LogP contribution in [0.25, 0.3) is 0 Å². The first-order chi connectivity index (χ1) is 8.08. The van der Waals surface area contributed by atoms with E-state index in [0.29, 0.717) is 5.82 Å². The number of benzene rings is 1. The van der Waals surface area contributed by atoms with Crippen molar-refractivity contribution in [2.75, 3.05) is 0 Å². The van der Waals surface area contributed by atoms with Gasteiger partial charge in [-0.25, -0.2) is 14.4 Å². The number of rotatable bonds is 2. The molecule has 0 spiro atoms. The first kappa shape index (κ1) is 11.7. The van der Waals surface area contributed by atoms with E-state index in [0.717, 1.165) is 16.7 Å². The van der Waals surface area contributed by atoms with E-state index in [1.807, 2.05) is 13.8 Å². The Morgan fingerprint density at radius 2 is 1.82 bits per heavy atom. The number of aryl methyl sites for hydroxylation is 2. The van der Waals surface area contributed by atoms with E-state index in [1.165, 1.54) is 12.1 Å². The first-order valence-corrected chi connectivity index (χ1v) is 5.38. The zero-order valence-corrected chi connectivity index (χ0v) is 9.81. The third kappa shape index (κ3) is 2.47. The Kier molecular flexibility index (Phi) is 3.15. The lowest BCUT2D eigenvalue weighted by molar-refractivity contribution is 0.624. The Labute approximate surface area is 99.5 Å². The molecule has 1 aromatic heterocycles. The van der Waals surface area contributed by atoms with Gasteiger partial charge in [-0.15, -0.1) is 0 Å². The fourth-order valence-electron chi connectivity index (χ4n) is 1.69. The molecule has 0 fully saturated rings. The fraction of sp³-hybridized carbons (Fsp3) is 0.231. The summed E-state index contributed by atoms with van der Waals surface area (Å²) in [4.78, 5) is 8.38. The largest absolute Gasteiger partial charge is 0.318 e. The predicted octanol–water partition coefficient (Wildman–Crippen LogP) is 2.28. The minimum absolute atomic E-state index is 0.261. The lowest BCUT2D eigenvalue weighted by Gasteiger charge is -2.13. The maximum atomic E-state index is 13.0. The highest BCUT2D eigenvalue weighted by atomic mass is 19.1. The minimum atomic E-state index is -0.420. The van der Waals surface area contributed by atoms with Crippen molar-refractivity contribution in [1.82, 2.24) is 9.97 Å². The molecule has 0 bridgehead atoms. The number of hydrogen-bond acceptors (Lipinski definition) is 3. The molecule has 2 N–H and O–H groups in total. The molecular formula is C13H14FN3. The van der Waals surface area contributed by atoms with E-state index < -0.39 is 6.04 Å². The highest BCUT2D eigenvalue weighted by Gasteiger charge is 2.14. The molecular weight excluding hydrogens is 217 g/mol. The molecule has 88 valence electrons. The Bertz CT molecular complexity index is 523. The van der Waals surface area contributed by atoms with Gasteiger partial charge in [0.15, 0.2) is 0 Å². The molecule has 17 heavy (non-hydrogen) atoms. The Hall–Kier alpha value is -1.81. The summed E-state index contributed by atoms with van der Waals surface area (Å²) in [5, 5.41) is 0. The molecule has 1 heterocycles. The van der Waals surface area contributed by atoms with Crippen molar-refractivity contribution >= 4 is 0 Å². The maximum absolute atomic E-state index is 13.0. The maximum Gasteiger partial charge on any atom is 0.149 e. The van der Waals surface area contributed by atoms with Crippen LogP contribution >= 0.6 is 0 Å². The van der Waals surface area contributed by atoms with Crippen molar-refractivity contribution in [1.29, 1.82) is 0 Å². The fourth-order valence-corrected chi connectivity index (χ4v) is 1.69. The Morgan fingerprint density at radius 3 is 2.41 bits per heavy atom. The van der Waals surface area contributed by atoms with Gasteiger partial charge in [-0.3, -0.25) is 0 Å². The SMILES string of the molecule is Cc1cnc(C(N)c2ccc(F)cc2C)nc1. The van der Waals surface area contributed by atoms with Gasteiger partial charge in [0.25, 0.3) is 0 Å². The van der Waals surface area contributed by atoms with E-state index in [-0.39, 0.29) is 5.82 Å². The first-order valence-electron chi connectivity index (χ1n) is 5.38. The van der Waals surface area contributed by atoms with Crippen molar-refractivity contribution in [2.45, 2.75) is 19.9 Å². The van der Waals surface area contributed by atoms with E-state index in [9.17, 15) is 4.39 Å². The molecule has 4 heteroatoms. The summed E-state index contributed by atoms with van der Waals surface area (Å²) in [5.74, 6) is 0.286. The van der Waals surface area contributed by atoms with Gasteiger partial charge in [-0.05, 0) is 42.7 Å². The van der Waals surface area contributed by atoms with Gasteiger partial charge >= 0.3 is 0 Å². The van der Waals surface area contributed by atoms with Crippen LogP contribution in [-0.2, 0) is 0 Å². The second kappa shape index (κ2) is 4.59. The summed E-state index contributed by atoms with van der Waals surface area (Å²) in [5.41, 5.74) is 8.70. The van der Waals surface area contributed by atoms with Crippen molar-refractivity contribution in [3.05, 3.63) is 58.9 Å². The zero-order valence-electron chi connectivity index (χ0n) is 9.81. The molecule has 1 atom stereocenters. The molecule has 1 aromatic carbocycles. The van der Waals surface area contributed by atoms with Gasteiger partial charge in [0.05, 0.1) is 6.04 Å². The van der Waals surface area contributed by atoms with E-state index in [4.69, 9.17) is 5.73 Å². The highest BCUT2D eigenvalue weighted by molar-refractivity contribution is 5.32. The molecule has 3 nitrogen and oxygen atoms in total. The number of aromatic nitrogens is 2. The molecule has 0 saturated carbocycles. The van der Waals surface area contributed by atoms with Crippen LogP contribution in [0.5, 0.6) is 0 Å². The van der Waals surface area contributed by atoms with Gasteiger partial charge in [0.2, 0.25) is 0 Å². The van der Waals surface area contributed by atoms with Crippen LogP contribution in [0.3, 0.4) is 0 Å². The van der Waals surface area contributed by atoms with Gasteiger partial charge in [-0.2, -0.15) is 0 Å². The zero-order chi connectivity index (χ0) is 12.4. The standard InChI is InChI=1S/C13H14FN3/c1-8-6-16-13(17-7-8)12(15)11-4-3-10(14)5-9(11)2/h3-7,12H,15H2,1-2H3. The Balaban J connectivity index is 2.36. The third-order valence-corrected chi connectivity index (χ3v) is 2.65. The molecule has 0 aliphatic carbocycles. The lowest BCUT2D eigenvalue weighted by Crippen LogP contribution is -2.16. The molecule has 0 amide bonds. The number of halogens is 1. The second-order valence-electron chi connectivity index (χ2n) is 4.10. The summed E-state index contributed by atoms with van der Waals surface area (Å²) in [6.45, 7) is 3.74. The minimum Gasteiger partial charge on any atom is -0.318 e.